The van der Waals surface area contributed by atoms with E-state index >= 15 is 0 Å². The maximum atomic E-state index is 9.90. The maximum Gasteiger partial charge on any atom is 0.131 e. The van der Waals surface area contributed by atoms with E-state index in [9.17, 15) is 10.2 Å². The van der Waals surface area contributed by atoms with E-state index in [1.807, 2.05) is 60.7 Å². The molecule has 0 aliphatic carbocycles. The standard InChI is InChI=1S/C30H26N4O2/c35-28-7-3-1-5-24(28)19-32-26-13-9-22(10-14-26)21-34-18-17-31-30(34)23-11-15-27(16-12-23)33-20-25-6-2-4-8-29(25)36/h1-16,19-20,35-36H,17-18,21H2. The first-order valence-corrected chi connectivity index (χ1v) is 11.8. The molecule has 4 aromatic rings. The monoisotopic (exact) mass is 474 g/mol. The van der Waals surface area contributed by atoms with Crippen LogP contribution in [-0.2, 0) is 6.54 Å². The van der Waals surface area contributed by atoms with Gasteiger partial charge in [0, 0.05) is 42.2 Å². The summed E-state index contributed by atoms with van der Waals surface area (Å²) in [6.45, 7) is 2.40. The molecule has 0 radical (unpaired) electrons. The largest absolute Gasteiger partial charge is 0.507 e. The molecule has 5 rings (SSSR count). The summed E-state index contributed by atoms with van der Waals surface area (Å²) in [5.74, 6) is 1.41. The van der Waals surface area contributed by atoms with Gasteiger partial charge in [-0.15, -0.1) is 0 Å². The molecule has 178 valence electrons. The Hall–Kier alpha value is -4.71. The van der Waals surface area contributed by atoms with Gasteiger partial charge in [-0.25, -0.2) is 0 Å². The van der Waals surface area contributed by atoms with Crippen LogP contribution in [0.1, 0.15) is 22.3 Å². The van der Waals surface area contributed by atoms with E-state index in [4.69, 9.17) is 4.99 Å². The number of aliphatic imine (C=N–C) groups is 3. The third-order valence-corrected chi connectivity index (χ3v) is 5.95. The van der Waals surface area contributed by atoms with Crippen molar-refractivity contribution in [3.8, 4) is 11.5 Å². The first-order chi connectivity index (χ1) is 17.7. The normalized spacial score (nSPS) is 13.6. The molecule has 0 saturated carbocycles. The summed E-state index contributed by atoms with van der Waals surface area (Å²) in [4.78, 5) is 16.0. The molecule has 4 aromatic carbocycles. The van der Waals surface area contributed by atoms with Crippen LogP contribution in [0.25, 0.3) is 0 Å². The van der Waals surface area contributed by atoms with Crippen LogP contribution in [0.3, 0.4) is 0 Å². The average molecular weight is 475 g/mol. The molecule has 0 spiro atoms. The summed E-state index contributed by atoms with van der Waals surface area (Å²) in [5.41, 5.74) is 5.24. The number of aromatic hydroxyl groups is 2. The Bertz CT molecular complexity index is 1420. The zero-order valence-electron chi connectivity index (χ0n) is 19.7. The molecule has 1 aliphatic rings. The van der Waals surface area contributed by atoms with Gasteiger partial charge in [-0.1, -0.05) is 36.4 Å². The van der Waals surface area contributed by atoms with Gasteiger partial charge < -0.3 is 15.1 Å². The Morgan fingerprint density at radius 2 is 1.22 bits per heavy atom. The Labute approximate surface area is 210 Å². The van der Waals surface area contributed by atoms with Gasteiger partial charge in [0.2, 0.25) is 0 Å². The van der Waals surface area contributed by atoms with Crippen LogP contribution in [-0.4, -0.2) is 46.5 Å². The van der Waals surface area contributed by atoms with Crippen LogP contribution in [0, 0.1) is 0 Å². The van der Waals surface area contributed by atoms with Crippen molar-refractivity contribution in [2.45, 2.75) is 6.54 Å². The van der Waals surface area contributed by atoms with E-state index in [2.05, 4.69) is 27.0 Å². The average Bonchev–Trinajstić information content (AvgIpc) is 3.37. The van der Waals surface area contributed by atoms with Crippen LogP contribution in [0.4, 0.5) is 11.4 Å². The molecule has 36 heavy (non-hydrogen) atoms. The molecule has 1 aliphatic heterocycles. The highest BCUT2D eigenvalue weighted by molar-refractivity contribution is 6.00. The summed E-state index contributed by atoms with van der Waals surface area (Å²) in [6, 6.07) is 30.4. The minimum absolute atomic E-state index is 0.212. The highest BCUT2D eigenvalue weighted by Crippen LogP contribution is 2.22. The van der Waals surface area contributed by atoms with E-state index in [1.54, 1.807) is 36.7 Å². The lowest BCUT2D eigenvalue weighted by Gasteiger charge is -2.20. The minimum atomic E-state index is 0.212. The number of phenols is 2. The van der Waals surface area contributed by atoms with E-state index < -0.39 is 0 Å². The number of benzene rings is 4. The van der Waals surface area contributed by atoms with Gasteiger partial charge in [-0.3, -0.25) is 15.0 Å². The predicted molar refractivity (Wildman–Crippen MR) is 145 cm³/mol. The van der Waals surface area contributed by atoms with E-state index in [1.165, 1.54) is 5.56 Å². The molecule has 6 heteroatoms. The Balaban J connectivity index is 1.23. The second-order valence-corrected chi connectivity index (χ2v) is 8.47. The number of para-hydroxylation sites is 2. The SMILES string of the molecule is Oc1ccccc1C=Nc1ccc(CN2CCN=C2c2ccc(N=Cc3ccccc3O)cc2)cc1. The van der Waals surface area contributed by atoms with Gasteiger partial charge in [-0.2, -0.15) is 0 Å². The lowest BCUT2D eigenvalue weighted by atomic mass is 10.1. The number of phenolic OH excluding ortho intramolecular Hbond substituents is 2. The van der Waals surface area contributed by atoms with Gasteiger partial charge >= 0.3 is 0 Å². The minimum Gasteiger partial charge on any atom is -0.507 e. The van der Waals surface area contributed by atoms with E-state index in [0.29, 0.717) is 11.1 Å². The lowest BCUT2D eigenvalue weighted by molar-refractivity contribution is 0.453. The van der Waals surface area contributed by atoms with Crippen LogP contribution in [0.15, 0.2) is 112 Å². The number of rotatable bonds is 7. The van der Waals surface area contributed by atoms with Crippen molar-refractivity contribution in [3.05, 3.63) is 119 Å². The number of nitrogens with zero attached hydrogens (tertiary/aromatic N) is 4. The molecule has 0 amide bonds. The van der Waals surface area contributed by atoms with Crippen LogP contribution in [0.2, 0.25) is 0 Å². The van der Waals surface area contributed by atoms with Crippen molar-refractivity contribution in [3.63, 3.8) is 0 Å². The molecule has 6 nitrogen and oxygen atoms in total. The lowest BCUT2D eigenvalue weighted by Crippen LogP contribution is -2.27. The third kappa shape index (κ3) is 5.50. The van der Waals surface area contributed by atoms with Crippen molar-refractivity contribution in [2.24, 2.45) is 15.0 Å². The van der Waals surface area contributed by atoms with Gasteiger partial charge in [0.25, 0.3) is 0 Å². The van der Waals surface area contributed by atoms with Gasteiger partial charge in [-0.05, 0) is 66.2 Å². The molecular formula is C30H26N4O2. The fourth-order valence-electron chi connectivity index (χ4n) is 4.00. The second-order valence-electron chi connectivity index (χ2n) is 8.47. The number of hydrogen-bond donors (Lipinski definition) is 2. The number of amidine groups is 1. The van der Waals surface area contributed by atoms with Gasteiger partial charge in [0.15, 0.2) is 0 Å². The molecule has 0 atom stereocenters. The quantitative estimate of drug-likeness (QED) is 0.329. The molecule has 0 unspecified atom stereocenters. The summed E-state index contributed by atoms with van der Waals surface area (Å²) < 4.78 is 0. The summed E-state index contributed by atoms with van der Waals surface area (Å²) in [5, 5.41) is 19.8. The molecule has 0 bridgehead atoms. The van der Waals surface area contributed by atoms with E-state index in [-0.39, 0.29) is 11.5 Å². The van der Waals surface area contributed by atoms with Crippen LogP contribution in [0.5, 0.6) is 11.5 Å². The van der Waals surface area contributed by atoms with Crippen molar-refractivity contribution < 1.29 is 10.2 Å². The Morgan fingerprint density at radius 3 is 1.78 bits per heavy atom. The Kier molecular flexibility index (Phi) is 6.85. The topological polar surface area (TPSA) is 80.8 Å². The smallest absolute Gasteiger partial charge is 0.131 e. The second kappa shape index (κ2) is 10.7. The zero-order chi connectivity index (χ0) is 24.7. The van der Waals surface area contributed by atoms with Crippen molar-refractivity contribution >= 4 is 29.6 Å². The fourth-order valence-corrected chi connectivity index (χ4v) is 4.00. The summed E-state index contributed by atoms with van der Waals surface area (Å²) >= 11 is 0. The van der Waals surface area contributed by atoms with Gasteiger partial charge in [0.1, 0.15) is 17.3 Å². The first-order valence-electron chi connectivity index (χ1n) is 11.8. The molecular weight excluding hydrogens is 448 g/mol. The molecule has 1 heterocycles. The highest BCUT2D eigenvalue weighted by atomic mass is 16.3. The first kappa shape index (κ1) is 23.1. The Morgan fingerprint density at radius 1 is 0.694 bits per heavy atom. The highest BCUT2D eigenvalue weighted by Gasteiger charge is 2.18. The molecule has 0 fully saturated rings. The van der Waals surface area contributed by atoms with E-state index in [0.717, 1.165) is 42.4 Å². The fraction of sp³-hybridized carbons (Fsp3) is 0.100. The summed E-state index contributed by atoms with van der Waals surface area (Å²) in [6.07, 6.45) is 3.34. The van der Waals surface area contributed by atoms with Crippen LogP contribution >= 0.6 is 0 Å². The van der Waals surface area contributed by atoms with Crippen molar-refractivity contribution in [1.29, 1.82) is 0 Å². The predicted octanol–water partition coefficient (Wildman–Crippen LogP) is 5.86. The maximum absolute atomic E-state index is 9.90. The zero-order valence-corrected chi connectivity index (χ0v) is 19.7. The van der Waals surface area contributed by atoms with Crippen molar-refractivity contribution in [1.82, 2.24) is 4.90 Å². The number of hydrogen-bond acceptors (Lipinski definition) is 6. The molecule has 0 aromatic heterocycles. The summed E-state index contributed by atoms with van der Waals surface area (Å²) in [7, 11) is 0. The molecule has 0 saturated heterocycles. The van der Waals surface area contributed by atoms with Gasteiger partial charge in [0.05, 0.1) is 17.9 Å². The van der Waals surface area contributed by atoms with Crippen LogP contribution < -0.4 is 0 Å². The van der Waals surface area contributed by atoms with Crippen molar-refractivity contribution in [2.75, 3.05) is 13.1 Å². The molecule has 2 N–H and O–H groups in total. The third-order valence-electron chi connectivity index (χ3n) is 5.95.